The molecular formula is C20H19N5O4. The van der Waals surface area contributed by atoms with Crippen LogP contribution in [-0.2, 0) is 4.79 Å². The molecule has 3 rings (SSSR count). The second-order valence-corrected chi connectivity index (χ2v) is 5.60. The first-order valence-electron chi connectivity index (χ1n) is 8.50. The molecule has 0 aliphatic carbocycles. The van der Waals surface area contributed by atoms with Gasteiger partial charge in [0.05, 0.1) is 32.3 Å². The van der Waals surface area contributed by atoms with Gasteiger partial charge in [-0.05, 0) is 24.3 Å². The van der Waals surface area contributed by atoms with Gasteiger partial charge in [0.2, 0.25) is 17.7 Å². The van der Waals surface area contributed by atoms with Gasteiger partial charge >= 0.3 is 0 Å². The second kappa shape index (κ2) is 9.18. The Hall–Kier alpha value is -4.14. The molecule has 0 fully saturated rings. The molecule has 1 amide bonds. The molecule has 0 aliphatic heterocycles. The highest BCUT2D eigenvalue weighted by Gasteiger charge is 2.12. The lowest BCUT2D eigenvalue weighted by Crippen LogP contribution is -2.07. The van der Waals surface area contributed by atoms with Crippen molar-refractivity contribution >= 4 is 23.2 Å². The molecule has 9 nitrogen and oxygen atoms in total. The van der Waals surface area contributed by atoms with E-state index >= 15 is 0 Å². The zero-order valence-corrected chi connectivity index (χ0v) is 15.9. The van der Waals surface area contributed by atoms with Crippen LogP contribution in [0.15, 0.2) is 61.4 Å². The van der Waals surface area contributed by atoms with Crippen LogP contribution in [0, 0.1) is 0 Å². The van der Waals surface area contributed by atoms with E-state index in [2.05, 4.69) is 32.2 Å². The Morgan fingerprint density at radius 1 is 1.07 bits per heavy atom. The van der Waals surface area contributed by atoms with E-state index in [0.29, 0.717) is 34.7 Å². The lowest BCUT2D eigenvalue weighted by atomic mass is 10.3. The molecule has 2 N–H and O–H groups in total. The largest absolute Gasteiger partial charge is 0.490 e. The van der Waals surface area contributed by atoms with E-state index in [1.807, 2.05) is 0 Å². The van der Waals surface area contributed by atoms with E-state index in [9.17, 15) is 4.79 Å². The Labute approximate surface area is 167 Å². The van der Waals surface area contributed by atoms with Crippen molar-refractivity contribution in [3.8, 4) is 23.3 Å². The van der Waals surface area contributed by atoms with Gasteiger partial charge in [0.25, 0.3) is 5.88 Å². The summed E-state index contributed by atoms with van der Waals surface area (Å²) in [7, 11) is 3.04. The summed E-state index contributed by atoms with van der Waals surface area (Å²) in [4.78, 5) is 24.2. The average molecular weight is 393 g/mol. The second-order valence-electron chi connectivity index (χ2n) is 5.60. The Kier molecular flexibility index (Phi) is 6.21. The molecule has 1 aromatic carbocycles. The minimum absolute atomic E-state index is 0.207. The van der Waals surface area contributed by atoms with Gasteiger partial charge in [-0.2, -0.15) is 4.98 Å². The van der Waals surface area contributed by atoms with E-state index in [0.717, 1.165) is 0 Å². The number of nitrogens with zero attached hydrogens (tertiary/aromatic N) is 3. The molecule has 0 saturated heterocycles. The van der Waals surface area contributed by atoms with Gasteiger partial charge in [-0.15, -0.1) is 0 Å². The third kappa shape index (κ3) is 5.19. The predicted molar refractivity (Wildman–Crippen MR) is 108 cm³/mol. The number of carbonyl (C=O) groups is 1. The average Bonchev–Trinajstić information content (AvgIpc) is 2.75. The topological polar surface area (TPSA) is 107 Å². The summed E-state index contributed by atoms with van der Waals surface area (Å²) in [5.74, 6) is 1.49. The highest BCUT2D eigenvalue weighted by atomic mass is 16.5. The Morgan fingerprint density at radius 3 is 2.62 bits per heavy atom. The first-order chi connectivity index (χ1) is 14.1. The minimum Gasteiger partial charge on any atom is -0.490 e. The Morgan fingerprint density at radius 2 is 1.93 bits per heavy atom. The highest BCUT2D eigenvalue weighted by Crippen LogP contribution is 2.31. The van der Waals surface area contributed by atoms with Crippen LogP contribution in [0.5, 0.6) is 23.3 Å². The molecule has 0 saturated carbocycles. The third-order valence-corrected chi connectivity index (χ3v) is 3.65. The SMILES string of the molecule is C=CC(=O)Nc1cccc(Oc2nc(Nc3ccc(OC)nc3)ncc2OC)c1. The number of nitrogens with one attached hydrogen (secondary N) is 2. The molecule has 2 aromatic heterocycles. The molecule has 3 aromatic rings. The standard InChI is InChI=1S/C20H19N5O4/c1-4-17(26)23-13-6-5-7-15(10-13)29-19-16(27-2)12-22-20(25-19)24-14-8-9-18(28-3)21-11-14/h4-12H,1H2,2-3H3,(H,23,26)(H,22,24,25). The van der Waals surface area contributed by atoms with Crippen molar-refractivity contribution < 1.29 is 19.0 Å². The number of methoxy groups -OCH3 is 2. The van der Waals surface area contributed by atoms with Crippen LogP contribution in [0.25, 0.3) is 0 Å². The van der Waals surface area contributed by atoms with Crippen LogP contribution >= 0.6 is 0 Å². The molecule has 0 atom stereocenters. The lowest BCUT2D eigenvalue weighted by Gasteiger charge is -2.12. The third-order valence-electron chi connectivity index (χ3n) is 3.65. The van der Waals surface area contributed by atoms with E-state index < -0.39 is 0 Å². The summed E-state index contributed by atoms with van der Waals surface area (Å²) >= 11 is 0. The molecule has 148 valence electrons. The summed E-state index contributed by atoms with van der Waals surface area (Å²) < 4.78 is 16.2. The number of pyridine rings is 1. The number of rotatable bonds is 8. The number of hydrogen-bond donors (Lipinski definition) is 2. The monoisotopic (exact) mass is 393 g/mol. The van der Waals surface area contributed by atoms with Crippen molar-refractivity contribution in [3.63, 3.8) is 0 Å². The smallest absolute Gasteiger partial charge is 0.267 e. The predicted octanol–water partition coefficient (Wildman–Crippen LogP) is 3.55. The van der Waals surface area contributed by atoms with Crippen molar-refractivity contribution in [3.05, 3.63) is 61.4 Å². The fourth-order valence-corrected chi connectivity index (χ4v) is 2.27. The van der Waals surface area contributed by atoms with Crippen molar-refractivity contribution in [2.75, 3.05) is 24.9 Å². The van der Waals surface area contributed by atoms with Crippen LogP contribution < -0.4 is 24.8 Å². The Balaban J connectivity index is 1.81. The zero-order chi connectivity index (χ0) is 20.6. The number of anilines is 3. The van der Waals surface area contributed by atoms with E-state index in [4.69, 9.17) is 14.2 Å². The van der Waals surface area contributed by atoms with Crippen LogP contribution in [0.4, 0.5) is 17.3 Å². The fraction of sp³-hybridized carbons (Fsp3) is 0.100. The molecule has 0 aliphatic rings. The van der Waals surface area contributed by atoms with Crippen LogP contribution in [0.3, 0.4) is 0 Å². The first-order valence-corrected chi connectivity index (χ1v) is 8.50. The maximum Gasteiger partial charge on any atom is 0.267 e. The Bertz CT molecular complexity index is 1010. The normalized spacial score (nSPS) is 10.0. The summed E-state index contributed by atoms with van der Waals surface area (Å²) in [6.07, 6.45) is 4.27. The van der Waals surface area contributed by atoms with E-state index in [1.54, 1.807) is 49.7 Å². The number of hydrogen-bond acceptors (Lipinski definition) is 8. The van der Waals surface area contributed by atoms with Gasteiger partial charge in [0.15, 0.2) is 5.75 Å². The van der Waals surface area contributed by atoms with Crippen LogP contribution in [0.1, 0.15) is 0 Å². The fourth-order valence-electron chi connectivity index (χ4n) is 2.27. The van der Waals surface area contributed by atoms with Gasteiger partial charge in [-0.1, -0.05) is 12.6 Å². The van der Waals surface area contributed by atoms with Crippen molar-refractivity contribution in [1.82, 2.24) is 15.0 Å². The van der Waals surface area contributed by atoms with Gasteiger partial charge < -0.3 is 24.8 Å². The highest BCUT2D eigenvalue weighted by molar-refractivity contribution is 5.98. The van der Waals surface area contributed by atoms with Gasteiger partial charge in [0, 0.05) is 17.8 Å². The molecule has 0 spiro atoms. The number of benzene rings is 1. The van der Waals surface area contributed by atoms with Gasteiger partial charge in [-0.3, -0.25) is 4.79 Å². The number of aromatic nitrogens is 3. The summed E-state index contributed by atoms with van der Waals surface area (Å²) in [6, 6.07) is 10.4. The minimum atomic E-state index is -0.318. The molecule has 0 unspecified atom stereocenters. The molecule has 2 heterocycles. The molecule has 9 heteroatoms. The summed E-state index contributed by atoms with van der Waals surface area (Å²) in [5.41, 5.74) is 1.24. The first kappa shape index (κ1) is 19.6. The summed E-state index contributed by atoms with van der Waals surface area (Å²) in [5, 5.41) is 5.70. The lowest BCUT2D eigenvalue weighted by molar-refractivity contribution is -0.111. The molecular weight excluding hydrogens is 374 g/mol. The number of carbonyl (C=O) groups excluding carboxylic acids is 1. The van der Waals surface area contributed by atoms with Crippen LogP contribution in [-0.4, -0.2) is 35.1 Å². The molecule has 0 bridgehead atoms. The maximum atomic E-state index is 11.5. The van der Waals surface area contributed by atoms with E-state index in [-0.39, 0.29) is 11.8 Å². The maximum absolute atomic E-state index is 11.5. The van der Waals surface area contributed by atoms with Crippen molar-refractivity contribution in [2.45, 2.75) is 0 Å². The zero-order valence-electron chi connectivity index (χ0n) is 15.9. The number of amides is 1. The van der Waals surface area contributed by atoms with Crippen molar-refractivity contribution in [1.29, 1.82) is 0 Å². The quantitative estimate of drug-likeness (QED) is 0.560. The number of ether oxygens (including phenoxy) is 3. The van der Waals surface area contributed by atoms with E-state index in [1.165, 1.54) is 19.4 Å². The van der Waals surface area contributed by atoms with Crippen molar-refractivity contribution in [2.24, 2.45) is 0 Å². The van der Waals surface area contributed by atoms with Crippen LogP contribution in [0.2, 0.25) is 0 Å². The summed E-state index contributed by atoms with van der Waals surface area (Å²) in [6.45, 7) is 3.43. The van der Waals surface area contributed by atoms with Gasteiger partial charge in [-0.25, -0.2) is 9.97 Å². The molecule has 29 heavy (non-hydrogen) atoms. The molecule has 0 radical (unpaired) electrons. The van der Waals surface area contributed by atoms with Gasteiger partial charge in [0.1, 0.15) is 5.75 Å².